The van der Waals surface area contributed by atoms with E-state index in [1.54, 1.807) is 36.3 Å². The quantitative estimate of drug-likeness (QED) is 0.870. The van der Waals surface area contributed by atoms with E-state index < -0.39 is 0 Å². The summed E-state index contributed by atoms with van der Waals surface area (Å²) in [4.78, 5) is 17.9. The van der Waals surface area contributed by atoms with Gasteiger partial charge in [-0.1, -0.05) is 18.2 Å². The highest BCUT2D eigenvalue weighted by atomic mass is 32.2. The van der Waals surface area contributed by atoms with Crippen LogP contribution in [-0.4, -0.2) is 21.5 Å². The first-order valence-electron chi connectivity index (χ1n) is 6.29. The number of nitrogens with zero attached hydrogens (tertiary/aromatic N) is 2. The normalized spacial score (nSPS) is 18.6. The van der Waals surface area contributed by atoms with Crippen LogP contribution in [-0.2, 0) is 11.3 Å². The van der Waals surface area contributed by atoms with Gasteiger partial charge in [-0.2, -0.15) is 0 Å². The second-order valence-corrected chi connectivity index (χ2v) is 5.67. The fourth-order valence-corrected chi connectivity index (χ4v) is 3.40. The van der Waals surface area contributed by atoms with Gasteiger partial charge in [-0.3, -0.25) is 9.78 Å². The maximum absolute atomic E-state index is 13.0. The van der Waals surface area contributed by atoms with Crippen molar-refractivity contribution < 1.29 is 9.18 Å². The molecule has 0 spiro atoms. The lowest BCUT2D eigenvalue weighted by Crippen LogP contribution is -2.27. The van der Waals surface area contributed by atoms with Crippen molar-refractivity contribution in [3.05, 3.63) is 65.7 Å². The summed E-state index contributed by atoms with van der Waals surface area (Å²) in [6, 6.07) is 10.1. The Labute approximate surface area is 120 Å². The van der Waals surface area contributed by atoms with Crippen molar-refractivity contribution >= 4 is 17.7 Å². The van der Waals surface area contributed by atoms with Gasteiger partial charge in [-0.15, -0.1) is 11.8 Å². The molecule has 1 amide bonds. The Morgan fingerprint density at radius 1 is 1.30 bits per heavy atom. The Balaban J connectivity index is 1.83. The molecule has 1 aliphatic rings. The molecule has 20 heavy (non-hydrogen) atoms. The first-order chi connectivity index (χ1) is 9.74. The Morgan fingerprint density at radius 2 is 2.10 bits per heavy atom. The molecule has 3 nitrogen and oxygen atoms in total. The summed E-state index contributed by atoms with van der Waals surface area (Å²) in [6.07, 6.45) is 3.47. The van der Waals surface area contributed by atoms with Crippen LogP contribution in [0.25, 0.3) is 0 Å². The molecule has 2 aromatic rings. The molecule has 1 atom stereocenters. The SMILES string of the molecule is O=C1CS[C@@H](c2ccc(F)cc2)N1Cc1cccnc1. The van der Waals surface area contributed by atoms with Gasteiger partial charge in [0.2, 0.25) is 5.91 Å². The Hall–Kier alpha value is -1.88. The van der Waals surface area contributed by atoms with Crippen LogP contribution < -0.4 is 0 Å². The topological polar surface area (TPSA) is 33.2 Å². The van der Waals surface area contributed by atoms with Gasteiger partial charge in [0.05, 0.1) is 5.75 Å². The van der Waals surface area contributed by atoms with Crippen molar-refractivity contribution in [2.75, 3.05) is 5.75 Å². The summed E-state index contributed by atoms with van der Waals surface area (Å²) < 4.78 is 13.0. The molecule has 0 radical (unpaired) electrons. The second-order valence-electron chi connectivity index (χ2n) is 4.60. The smallest absolute Gasteiger partial charge is 0.234 e. The molecule has 0 aliphatic carbocycles. The van der Waals surface area contributed by atoms with Crippen molar-refractivity contribution in [3.8, 4) is 0 Å². The molecular weight excluding hydrogens is 275 g/mol. The standard InChI is InChI=1S/C15H13FN2OS/c16-13-5-3-12(4-6-13)15-18(14(19)10-20-15)9-11-2-1-7-17-8-11/h1-8,15H,9-10H2/t15-/m0/s1. The molecule has 1 aromatic heterocycles. The van der Waals surface area contributed by atoms with Gasteiger partial charge in [0.25, 0.3) is 0 Å². The van der Waals surface area contributed by atoms with Gasteiger partial charge in [0, 0.05) is 18.9 Å². The lowest BCUT2D eigenvalue weighted by atomic mass is 10.2. The number of benzene rings is 1. The third-order valence-electron chi connectivity index (χ3n) is 3.20. The largest absolute Gasteiger partial charge is 0.321 e. The molecule has 0 unspecified atom stereocenters. The van der Waals surface area contributed by atoms with Crippen LogP contribution >= 0.6 is 11.8 Å². The number of hydrogen-bond acceptors (Lipinski definition) is 3. The van der Waals surface area contributed by atoms with E-state index in [-0.39, 0.29) is 17.1 Å². The molecule has 1 aliphatic heterocycles. The zero-order valence-electron chi connectivity index (χ0n) is 10.7. The maximum atomic E-state index is 13.0. The number of hydrogen-bond donors (Lipinski definition) is 0. The summed E-state index contributed by atoms with van der Waals surface area (Å²) in [7, 11) is 0. The Bertz CT molecular complexity index is 603. The molecule has 0 bridgehead atoms. The summed E-state index contributed by atoms with van der Waals surface area (Å²) in [5.41, 5.74) is 1.95. The van der Waals surface area contributed by atoms with Crippen molar-refractivity contribution in [2.24, 2.45) is 0 Å². The van der Waals surface area contributed by atoms with E-state index in [2.05, 4.69) is 4.98 Å². The van der Waals surface area contributed by atoms with Crippen LogP contribution in [0.3, 0.4) is 0 Å². The summed E-state index contributed by atoms with van der Waals surface area (Å²) in [5.74, 6) is 0.303. The van der Waals surface area contributed by atoms with E-state index in [1.165, 1.54) is 12.1 Å². The van der Waals surface area contributed by atoms with Crippen molar-refractivity contribution in [3.63, 3.8) is 0 Å². The van der Waals surface area contributed by atoms with Gasteiger partial charge in [0.15, 0.2) is 0 Å². The van der Waals surface area contributed by atoms with Crippen molar-refractivity contribution in [2.45, 2.75) is 11.9 Å². The number of aromatic nitrogens is 1. The zero-order chi connectivity index (χ0) is 13.9. The summed E-state index contributed by atoms with van der Waals surface area (Å²) in [5, 5.41) is -0.0525. The minimum Gasteiger partial charge on any atom is -0.321 e. The zero-order valence-corrected chi connectivity index (χ0v) is 11.5. The van der Waals surface area contributed by atoms with Crippen LogP contribution in [0.1, 0.15) is 16.5 Å². The van der Waals surface area contributed by atoms with Crippen LogP contribution in [0.2, 0.25) is 0 Å². The van der Waals surface area contributed by atoms with Gasteiger partial charge in [-0.25, -0.2) is 4.39 Å². The molecule has 0 saturated carbocycles. The van der Waals surface area contributed by atoms with Crippen LogP contribution in [0, 0.1) is 5.82 Å². The summed E-state index contributed by atoms with van der Waals surface area (Å²) in [6.45, 7) is 0.529. The predicted molar refractivity (Wildman–Crippen MR) is 76.4 cm³/mol. The number of pyridine rings is 1. The fourth-order valence-electron chi connectivity index (χ4n) is 2.22. The number of rotatable bonds is 3. The van der Waals surface area contributed by atoms with Crippen LogP contribution in [0.5, 0.6) is 0 Å². The lowest BCUT2D eigenvalue weighted by Gasteiger charge is -2.24. The second kappa shape index (κ2) is 5.63. The van der Waals surface area contributed by atoms with Gasteiger partial charge in [-0.05, 0) is 29.3 Å². The summed E-state index contributed by atoms with van der Waals surface area (Å²) >= 11 is 1.57. The number of carbonyl (C=O) groups is 1. The highest BCUT2D eigenvalue weighted by Gasteiger charge is 2.32. The lowest BCUT2D eigenvalue weighted by molar-refractivity contribution is -0.128. The Morgan fingerprint density at radius 3 is 2.80 bits per heavy atom. The minimum atomic E-state index is -0.262. The molecule has 1 fully saturated rings. The third-order valence-corrected chi connectivity index (χ3v) is 4.45. The average Bonchev–Trinajstić information content (AvgIpc) is 2.83. The monoisotopic (exact) mass is 288 g/mol. The van der Waals surface area contributed by atoms with E-state index in [1.807, 2.05) is 17.0 Å². The molecular formula is C15H13FN2OS. The van der Waals surface area contributed by atoms with Gasteiger partial charge < -0.3 is 4.90 Å². The van der Waals surface area contributed by atoms with Crippen molar-refractivity contribution in [1.29, 1.82) is 0 Å². The first kappa shape index (κ1) is 13.1. The molecule has 102 valence electrons. The molecule has 2 heterocycles. The molecule has 3 rings (SSSR count). The fraction of sp³-hybridized carbons (Fsp3) is 0.200. The first-order valence-corrected chi connectivity index (χ1v) is 7.34. The van der Waals surface area contributed by atoms with Gasteiger partial charge >= 0.3 is 0 Å². The maximum Gasteiger partial charge on any atom is 0.234 e. The van der Waals surface area contributed by atoms with Crippen LogP contribution in [0.15, 0.2) is 48.8 Å². The van der Waals surface area contributed by atoms with Gasteiger partial charge in [0.1, 0.15) is 11.2 Å². The highest BCUT2D eigenvalue weighted by molar-refractivity contribution is 8.00. The third kappa shape index (κ3) is 2.67. The van der Waals surface area contributed by atoms with E-state index in [4.69, 9.17) is 0 Å². The molecule has 5 heteroatoms. The number of carbonyl (C=O) groups excluding carboxylic acids is 1. The molecule has 1 saturated heterocycles. The van der Waals surface area contributed by atoms with E-state index in [0.29, 0.717) is 12.3 Å². The Kier molecular flexibility index (Phi) is 3.69. The highest BCUT2D eigenvalue weighted by Crippen LogP contribution is 2.39. The number of amides is 1. The molecule has 1 aromatic carbocycles. The van der Waals surface area contributed by atoms with Crippen LogP contribution in [0.4, 0.5) is 4.39 Å². The van der Waals surface area contributed by atoms with Crippen molar-refractivity contribution in [1.82, 2.24) is 9.88 Å². The predicted octanol–water partition coefficient (Wildman–Crippen LogP) is 2.99. The number of thioether (sulfide) groups is 1. The van der Waals surface area contributed by atoms with E-state index >= 15 is 0 Å². The van der Waals surface area contributed by atoms with E-state index in [9.17, 15) is 9.18 Å². The molecule has 0 N–H and O–H groups in total. The minimum absolute atomic E-state index is 0.0525. The average molecular weight is 288 g/mol. The number of halogens is 1. The van der Waals surface area contributed by atoms with E-state index in [0.717, 1.165) is 11.1 Å².